The molecule has 1 aliphatic carbocycles. The summed E-state index contributed by atoms with van der Waals surface area (Å²) in [7, 11) is 0. The van der Waals surface area contributed by atoms with Crippen LogP contribution < -0.4 is 10.9 Å². The Bertz CT molecular complexity index is 1020. The van der Waals surface area contributed by atoms with Crippen LogP contribution in [0.15, 0.2) is 27.4 Å². The van der Waals surface area contributed by atoms with E-state index in [2.05, 4.69) is 19.2 Å². The Morgan fingerprint density at radius 3 is 2.57 bits per heavy atom. The van der Waals surface area contributed by atoms with Gasteiger partial charge in [0, 0.05) is 11.5 Å². The van der Waals surface area contributed by atoms with Gasteiger partial charge < -0.3 is 9.73 Å². The van der Waals surface area contributed by atoms with E-state index in [1.807, 2.05) is 12.1 Å². The third kappa shape index (κ3) is 3.21. The highest BCUT2D eigenvalue weighted by Crippen LogP contribution is 2.31. The fraction of sp³-hybridized carbons (Fsp3) is 0.500. The van der Waals surface area contributed by atoms with Crippen LogP contribution in [0.4, 0.5) is 4.79 Å². The minimum Gasteiger partial charge on any atom is -0.423 e. The zero-order valence-electron chi connectivity index (χ0n) is 16.6. The number of nitrogens with one attached hydrogen (secondary N) is 1. The summed E-state index contributed by atoms with van der Waals surface area (Å²) in [6.07, 6.45) is 4.52. The fourth-order valence-electron chi connectivity index (χ4n) is 4.23. The first-order valence-corrected chi connectivity index (χ1v) is 9.99. The number of carbonyl (C=O) groups excluding carboxylic acids is 2. The number of rotatable bonds is 5. The zero-order valence-corrected chi connectivity index (χ0v) is 16.6. The third-order valence-electron chi connectivity index (χ3n) is 5.94. The lowest BCUT2D eigenvalue weighted by molar-refractivity contribution is -0.131. The van der Waals surface area contributed by atoms with Gasteiger partial charge in [-0.05, 0) is 73.8 Å². The fourth-order valence-corrected chi connectivity index (χ4v) is 4.23. The summed E-state index contributed by atoms with van der Waals surface area (Å²) in [5, 5.41) is 3.65. The Hall–Kier alpha value is -2.63. The predicted molar refractivity (Wildman–Crippen MR) is 106 cm³/mol. The average molecular weight is 382 g/mol. The van der Waals surface area contributed by atoms with E-state index in [-0.39, 0.29) is 12.5 Å². The highest BCUT2D eigenvalue weighted by atomic mass is 16.4. The highest BCUT2D eigenvalue weighted by molar-refractivity contribution is 6.06. The maximum absolute atomic E-state index is 13.0. The molecular formula is C22H26N2O4. The summed E-state index contributed by atoms with van der Waals surface area (Å²) in [4.78, 5) is 38.9. The van der Waals surface area contributed by atoms with Crippen molar-refractivity contribution in [3.63, 3.8) is 0 Å². The van der Waals surface area contributed by atoms with Gasteiger partial charge in [0.15, 0.2) is 0 Å². The molecular weight excluding hydrogens is 356 g/mol. The molecule has 1 saturated heterocycles. The molecule has 2 aromatic rings. The van der Waals surface area contributed by atoms with Gasteiger partial charge in [-0.1, -0.05) is 13.8 Å². The van der Waals surface area contributed by atoms with E-state index in [0.717, 1.165) is 31.1 Å². The largest absolute Gasteiger partial charge is 0.423 e. The van der Waals surface area contributed by atoms with Gasteiger partial charge in [-0.2, -0.15) is 0 Å². The van der Waals surface area contributed by atoms with Crippen molar-refractivity contribution in [2.75, 3.05) is 0 Å². The molecule has 1 aromatic carbocycles. The number of carbonyl (C=O) groups is 2. The van der Waals surface area contributed by atoms with Crippen molar-refractivity contribution >= 4 is 22.9 Å². The number of fused-ring (bicyclic) bond motifs is 2. The Balaban J connectivity index is 1.67. The van der Waals surface area contributed by atoms with Crippen molar-refractivity contribution < 1.29 is 14.0 Å². The number of urea groups is 1. The van der Waals surface area contributed by atoms with Crippen LogP contribution in [0, 0.1) is 5.92 Å². The quantitative estimate of drug-likeness (QED) is 0.634. The van der Waals surface area contributed by atoms with Crippen LogP contribution in [-0.2, 0) is 24.2 Å². The molecule has 28 heavy (non-hydrogen) atoms. The lowest BCUT2D eigenvalue weighted by atomic mass is 9.92. The van der Waals surface area contributed by atoms with Gasteiger partial charge in [0.2, 0.25) is 0 Å². The van der Waals surface area contributed by atoms with Gasteiger partial charge >= 0.3 is 11.7 Å². The number of amides is 3. The van der Waals surface area contributed by atoms with Crippen molar-refractivity contribution in [3.8, 4) is 0 Å². The standard InChI is InChI=1S/C22H26N2O4/c1-13(2)7-8-22(3)20(26)24(21(27)23-22)12-16-11-19(25)28-18-10-15-6-4-5-14(15)9-17(16)18/h9-11,13H,4-8,12H2,1-3H3,(H,23,27)/t22-/m1/s1. The maximum Gasteiger partial charge on any atom is 0.336 e. The van der Waals surface area contributed by atoms with Gasteiger partial charge in [0.1, 0.15) is 11.1 Å². The SMILES string of the molecule is CC(C)CC[C@@]1(C)NC(=O)N(Cc2cc(=O)oc3cc4c(cc23)CCC4)C1=O. The molecule has 1 aromatic heterocycles. The Kier molecular flexibility index (Phi) is 4.52. The summed E-state index contributed by atoms with van der Waals surface area (Å²) in [6, 6.07) is 4.97. The molecule has 1 fully saturated rings. The Labute approximate surface area is 163 Å². The van der Waals surface area contributed by atoms with E-state index in [1.165, 1.54) is 22.1 Å². The summed E-state index contributed by atoms with van der Waals surface area (Å²) in [5.74, 6) is 0.209. The van der Waals surface area contributed by atoms with Crippen LogP contribution in [-0.4, -0.2) is 22.4 Å². The maximum atomic E-state index is 13.0. The van der Waals surface area contributed by atoms with E-state index in [1.54, 1.807) is 6.92 Å². The average Bonchev–Trinajstić information content (AvgIpc) is 3.16. The lowest BCUT2D eigenvalue weighted by Crippen LogP contribution is -2.44. The monoisotopic (exact) mass is 382 g/mol. The van der Waals surface area contributed by atoms with E-state index < -0.39 is 17.2 Å². The first-order valence-electron chi connectivity index (χ1n) is 9.99. The number of hydrogen-bond donors (Lipinski definition) is 1. The summed E-state index contributed by atoms with van der Waals surface area (Å²) in [6.45, 7) is 6.04. The van der Waals surface area contributed by atoms with Crippen molar-refractivity contribution in [1.29, 1.82) is 0 Å². The van der Waals surface area contributed by atoms with Crippen molar-refractivity contribution in [1.82, 2.24) is 10.2 Å². The molecule has 2 heterocycles. The molecule has 0 unspecified atom stereocenters. The second-order valence-electron chi connectivity index (χ2n) is 8.65. The molecule has 1 N–H and O–H groups in total. The minimum atomic E-state index is -0.891. The topological polar surface area (TPSA) is 79.6 Å². The van der Waals surface area contributed by atoms with E-state index in [0.29, 0.717) is 23.5 Å². The van der Waals surface area contributed by atoms with Crippen LogP contribution in [0.3, 0.4) is 0 Å². The van der Waals surface area contributed by atoms with E-state index in [4.69, 9.17) is 4.42 Å². The predicted octanol–water partition coefficient (Wildman–Crippen LogP) is 3.53. The molecule has 2 aliphatic rings. The highest BCUT2D eigenvalue weighted by Gasteiger charge is 2.47. The van der Waals surface area contributed by atoms with Gasteiger partial charge in [0.25, 0.3) is 5.91 Å². The van der Waals surface area contributed by atoms with Gasteiger partial charge in [-0.3, -0.25) is 9.69 Å². The van der Waals surface area contributed by atoms with Crippen LogP contribution in [0.25, 0.3) is 11.0 Å². The number of hydrogen-bond acceptors (Lipinski definition) is 4. The number of benzene rings is 1. The second-order valence-corrected chi connectivity index (χ2v) is 8.65. The molecule has 1 aliphatic heterocycles. The first kappa shape index (κ1) is 18.7. The van der Waals surface area contributed by atoms with Gasteiger partial charge in [0.05, 0.1) is 6.54 Å². The molecule has 1 atom stereocenters. The number of nitrogens with zero attached hydrogens (tertiary/aromatic N) is 1. The molecule has 4 rings (SSSR count). The van der Waals surface area contributed by atoms with Gasteiger partial charge in [-0.25, -0.2) is 9.59 Å². The molecule has 0 bridgehead atoms. The summed E-state index contributed by atoms with van der Waals surface area (Å²) < 4.78 is 5.39. The molecule has 3 amide bonds. The molecule has 148 valence electrons. The number of aryl methyl sites for hydroxylation is 2. The second kappa shape index (κ2) is 6.76. The van der Waals surface area contributed by atoms with Gasteiger partial charge in [-0.15, -0.1) is 0 Å². The Morgan fingerprint density at radius 1 is 1.14 bits per heavy atom. The van der Waals surface area contributed by atoms with Crippen molar-refractivity contribution in [2.24, 2.45) is 5.92 Å². The van der Waals surface area contributed by atoms with Crippen LogP contribution in [0.5, 0.6) is 0 Å². The lowest BCUT2D eigenvalue weighted by Gasteiger charge is -2.22. The number of imide groups is 1. The van der Waals surface area contributed by atoms with Crippen LogP contribution >= 0.6 is 0 Å². The molecule has 0 saturated carbocycles. The molecule has 6 heteroatoms. The van der Waals surface area contributed by atoms with E-state index in [9.17, 15) is 14.4 Å². The van der Waals surface area contributed by atoms with Crippen LogP contribution in [0.2, 0.25) is 0 Å². The Morgan fingerprint density at radius 2 is 1.86 bits per heavy atom. The normalized spacial score (nSPS) is 21.6. The zero-order chi connectivity index (χ0) is 20.1. The van der Waals surface area contributed by atoms with E-state index >= 15 is 0 Å². The minimum absolute atomic E-state index is 0.0722. The first-order chi connectivity index (χ1) is 13.3. The smallest absolute Gasteiger partial charge is 0.336 e. The summed E-state index contributed by atoms with van der Waals surface area (Å²) in [5.41, 5.74) is 2.29. The molecule has 0 radical (unpaired) electrons. The third-order valence-corrected chi connectivity index (χ3v) is 5.94. The van der Waals surface area contributed by atoms with Crippen LogP contribution in [0.1, 0.15) is 56.7 Å². The van der Waals surface area contributed by atoms with Crippen molar-refractivity contribution in [2.45, 2.75) is 65.0 Å². The molecule has 6 nitrogen and oxygen atoms in total. The molecule has 0 spiro atoms. The van der Waals surface area contributed by atoms with Crippen molar-refractivity contribution in [3.05, 3.63) is 45.3 Å². The summed E-state index contributed by atoms with van der Waals surface area (Å²) >= 11 is 0.